The molecular formula is C15H22O2. The molecule has 0 aromatic heterocycles. The van der Waals surface area contributed by atoms with Crippen LogP contribution < -0.4 is 0 Å². The average molecular weight is 234 g/mol. The summed E-state index contributed by atoms with van der Waals surface area (Å²) in [5.41, 5.74) is 0.853. The number of rotatable bonds is 2. The maximum Gasteiger partial charge on any atom is 0.331 e. The number of hydrogen-bond donors (Lipinski definition) is 0. The van der Waals surface area contributed by atoms with E-state index in [0.717, 1.165) is 18.3 Å². The number of fused-ring (bicyclic) bond motifs is 1. The first kappa shape index (κ1) is 12.4. The lowest BCUT2D eigenvalue weighted by atomic mass is 9.67. The molecule has 1 fully saturated rings. The second kappa shape index (κ2) is 4.32. The van der Waals surface area contributed by atoms with Crippen LogP contribution in [0.4, 0.5) is 0 Å². The Labute approximate surface area is 104 Å². The molecule has 0 saturated heterocycles. The molecule has 0 bridgehead atoms. The summed E-state index contributed by atoms with van der Waals surface area (Å²) >= 11 is 0. The molecule has 94 valence electrons. The first-order chi connectivity index (χ1) is 7.90. The van der Waals surface area contributed by atoms with E-state index in [2.05, 4.69) is 19.1 Å². The number of esters is 1. The minimum absolute atomic E-state index is 0.195. The molecular weight excluding hydrogens is 212 g/mol. The molecule has 2 rings (SSSR count). The molecule has 0 aliphatic heterocycles. The fourth-order valence-electron chi connectivity index (χ4n) is 2.82. The van der Waals surface area contributed by atoms with Gasteiger partial charge < -0.3 is 4.74 Å². The Bertz CT molecular complexity index is 371. The van der Waals surface area contributed by atoms with Crippen LogP contribution in [0.5, 0.6) is 0 Å². The van der Waals surface area contributed by atoms with Gasteiger partial charge in [0, 0.05) is 12.0 Å². The summed E-state index contributed by atoms with van der Waals surface area (Å²) in [6.45, 7) is 7.92. The molecule has 0 aromatic carbocycles. The highest BCUT2D eigenvalue weighted by atomic mass is 16.6. The van der Waals surface area contributed by atoms with E-state index in [0.29, 0.717) is 5.92 Å². The molecule has 1 saturated carbocycles. The fraction of sp³-hybridized carbons (Fsp3) is 0.667. The van der Waals surface area contributed by atoms with Crippen molar-refractivity contribution in [1.82, 2.24) is 0 Å². The van der Waals surface area contributed by atoms with Crippen molar-refractivity contribution < 1.29 is 9.53 Å². The van der Waals surface area contributed by atoms with Gasteiger partial charge in [-0.25, -0.2) is 4.79 Å². The lowest BCUT2D eigenvalue weighted by Gasteiger charge is -2.37. The zero-order valence-electron chi connectivity index (χ0n) is 11.2. The minimum Gasteiger partial charge on any atom is -0.457 e. The molecule has 17 heavy (non-hydrogen) atoms. The average Bonchev–Trinajstić information content (AvgIpc) is 2.48. The Balaban J connectivity index is 1.94. The van der Waals surface area contributed by atoms with Crippen molar-refractivity contribution in [1.29, 1.82) is 0 Å². The van der Waals surface area contributed by atoms with Gasteiger partial charge >= 0.3 is 5.97 Å². The second-order valence-electron chi connectivity index (χ2n) is 6.10. The highest BCUT2D eigenvalue weighted by Gasteiger charge is 2.41. The lowest BCUT2D eigenvalue weighted by molar-refractivity contribution is -0.148. The van der Waals surface area contributed by atoms with Crippen LogP contribution in [-0.4, -0.2) is 11.6 Å². The molecule has 0 radical (unpaired) electrons. The highest BCUT2D eigenvalue weighted by molar-refractivity contribution is 5.83. The zero-order chi connectivity index (χ0) is 12.6. The van der Waals surface area contributed by atoms with Crippen LogP contribution in [0.1, 0.15) is 40.5 Å². The van der Waals surface area contributed by atoms with Gasteiger partial charge in [0.15, 0.2) is 0 Å². The van der Waals surface area contributed by atoms with Crippen LogP contribution in [0.15, 0.2) is 23.8 Å². The Morgan fingerprint density at radius 2 is 2.18 bits per heavy atom. The maximum absolute atomic E-state index is 11.7. The number of carbonyl (C=O) groups is 1. The number of ether oxygens (including phenoxy) is 1. The minimum atomic E-state index is -0.394. The molecule has 2 aliphatic rings. The Kier molecular flexibility index (Phi) is 3.15. The number of carbonyl (C=O) groups excluding carboxylic acids is 1. The van der Waals surface area contributed by atoms with Crippen LogP contribution in [-0.2, 0) is 9.53 Å². The summed E-state index contributed by atoms with van der Waals surface area (Å²) in [5.74, 6) is 1.77. The summed E-state index contributed by atoms with van der Waals surface area (Å²) in [4.78, 5) is 11.7. The first-order valence-electron chi connectivity index (χ1n) is 6.52. The van der Waals surface area contributed by atoms with Crippen molar-refractivity contribution in [3.8, 4) is 0 Å². The number of hydrogen-bond acceptors (Lipinski definition) is 2. The van der Waals surface area contributed by atoms with Crippen LogP contribution in [0.25, 0.3) is 0 Å². The van der Waals surface area contributed by atoms with Gasteiger partial charge in [-0.15, -0.1) is 0 Å². The van der Waals surface area contributed by atoms with E-state index >= 15 is 0 Å². The molecule has 2 aliphatic carbocycles. The van der Waals surface area contributed by atoms with Crippen LogP contribution in [0.3, 0.4) is 0 Å². The van der Waals surface area contributed by atoms with Crippen LogP contribution in [0, 0.1) is 17.8 Å². The summed E-state index contributed by atoms with van der Waals surface area (Å²) in [5, 5.41) is 0. The molecule has 2 nitrogen and oxygen atoms in total. The molecule has 1 unspecified atom stereocenters. The van der Waals surface area contributed by atoms with E-state index in [-0.39, 0.29) is 5.97 Å². The third kappa shape index (κ3) is 2.62. The Morgan fingerprint density at radius 3 is 2.76 bits per heavy atom. The molecule has 0 aromatic rings. The van der Waals surface area contributed by atoms with Gasteiger partial charge in [0.2, 0.25) is 0 Å². The summed E-state index contributed by atoms with van der Waals surface area (Å²) in [7, 11) is 0. The topological polar surface area (TPSA) is 26.3 Å². The predicted octanol–water partition coefficient (Wildman–Crippen LogP) is 3.49. The van der Waals surface area contributed by atoms with Gasteiger partial charge in [0.25, 0.3) is 0 Å². The van der Waals surface area contributed by atoms with E-state index < -0.39 is 5.60 Å². The van der Waals surface area contributed by atoms with E-state index in [1.54, 1.807) is 6.08 Å². The molecule has 0 spiro atoms. The maximum atomic E-state index is 11.7. The molecule has 3 atom stereocenters. The summed E-state index contributed by atoms with van der Waals surface area (Å²) < 4.78 is 5.31. The van der Waals surface area contributed by atoms with Crippen molar-refractivity contribution in [3.63, 3.8) is 0 Å². The highest BCUT2D eigenvalue weighted by Crippen LogP contribution is 2.50. The SMILES string of the molecule is CCC1C=C[C@H]2C(=CC(=O)OC(C)(C)C)C[C@@H]12. The van der Waals surface area contributed by atoms with Crippen molar-refractivity contribution >= 4 is 5.97 Å². The molecule has 0 heterocycles. The zero-order valence-corrected chi connectivity index (χ0v) is 11.2. The molecule has 2 heteroatoms. The summed E-state index contributed by atoms with van der Waals surface area (Å²) in [6.07, 6.45) is 8.55. The van der Waals surface area contributed by atoms with E-state index in [9.17, 15) is 4.79 Å². The Morgan fingerprint density at radius 1 is 1.47 bits per heavy atom. The molecule has 0 amide bonds. The normalized spacial score (nSPS) is 33.4. The fourth-order valence-corrected chi connectivity index (χ4v) is 2.82. The van der Waals surface area contributed by atoms with Crippen molar-refractivity contribution in [2.24, 2.45) is 17.8 Å². The second-order valence-corrected chi connectivity index (χ2v) is 6.10. The molecule has 0 N–H and O–H groups in total. The third-order valence-electron chi connectivity index (χ3n) is 3.66. The van der Waals surface area contributed by atoms with E-state index in [4.69, 9.17) is 4.74 Å². The van der Waals surface area contributed by atoms with Gasteiger partial charge in [0.05, 0.1) is 0 Å². The standard InChI is InChI=1S/C15H22O2/c1-5-10-6-7-12-11(8-13(10)12)9-14(16)17-15(2,3)4/h6-7,9-10,12-13H,5,8H2,1-4H3/t10?,12-,13-/m0/s1. The van der Waals surface area contributed by atoms with Gasteiger partial charge in [-0.1, -0.05) is 24.6 Å². The van der Waals surface area contributed by atoms with Gasteiger partial charge in [0.1, 0.15) is 5.60 Å². The summed E-state index contributed by atoms with van der Waals surface area (Å²) in [6, 6.07) is 0. The lowest BCUT2D eigenvalue weighted by Crippen LogP contribution is -2.30. The van der Waals surface area contributed by atoms with Crippen LogP contribution in [0.2, 0.25) is 0 Å². The van der Waals surface area contributed by atoms with Crippen molar-refractivity contribution in [2.45, 2.75) is 46.1 Å². The van der Waals surface area contributed by atoms with Gasteiger partial charge in [-0.2, -0.15) is 0 Å². The van der Waals surface area contributed by atoms with Crippen molar-refractivity contribution in [3.05, 3.63) is 23.8 Å². The Hall–Kier alpha value is -1.05. The smallest absolute Gasteiger partial charge is 0.331 e. The number of allylic oxidation sites excluding steroid dienone is 3. The van der Waals surface area contributed by atoms with Gasteiger partial charge in [-0.3, -0.25) is 0 Å². The quantitative estimate of drug-likeness (QED) is 0.415. The monoisotopic (exact) mass is 234 g/mol. The van der Waals surface area contributed by atoms with Crippen molar-refractivity contribution in [2.75, 3.05) is 0 Å². The predicted molar refractivity (Wildman–Crippen MR) is 68.4 cm³/mol. The largest absolute Gasteiger partial charge is 0.457 e. The third-order valence-corrected chi connectivity index (χ3v) is 3.66. The van der Waals surface area contributed by atoms with E-state index in [1.165, 1.54) is 12.0 Å². The van der Waals surface area contributed by atoms with Gasteiger partial charge in [-0.05, 0) is 45.4 Å². The van der Waals surface area contributed by atoms with E-state index in [1.807, 2.05) is 20.8 Å². The first-order valence-corrected chi connectivity index (χ1v) is 6.52. The van der Waals surface area contributed by atoms with Crippen LogP contribution >= 0.6 is 0 Å².